The lowest BCUT2D eigenvalue weighted by Gasteiger charge is -2.12. The van der Waals surface area contributed by atoms with E-state index >= 15 is 0 Å². The van der Waals surface area contributed by atoms with E-state index in [-0.39, 0.29) is 0 Å². The van der Waals surface area contributed by atoms with Crippen molar-refractivity contribution in [1.82, 2.24) is 9.97 Å². The number of halogens is 2. The molecule has 4 nitrogen and oxygen atoms in total. The zero-order chi connectivity index (χ0) is 13.1. The fourth-order valence-electron chi connectivity index (χ4n) is 1.58. The average Bonchev–Trinajstić information content (AvgIpc) is 2.32. The van der Waals surface area contributed by atoms with E-state index in [2.05, 4.69) is 9.97 Å². The molecule has 18 heavy (non-hydrogen) atoms. The molecule has 3 N–H and O–H groups in total. The van der Waals surface area contributed by atoms with Gasteiger partial charge in [0.2, 0.25) is 0 Å². The van der Waals surface area contributed by atoms with Crippen LogP contribution in [0.1, 0.15) is 17.4 Å². The Kier molecular flexibility index (Phi) is 4.01. The fraction of sp³-hybridized carbons (Fsp3) is 0.167. The molecule has 0 fully saturated rings. The van der Waals surface area contributed by atoms with E-state index in [1.807, 2.05) is 0 Å². The summed E-state index contributed by atoms with van der Waals surface area (Å²) in [6.45, 7) is 0. The average molecular weight is 284 g/mol. The first kappa shape index (κ1) is 13.1. The van der Waals surface area contributed by atoms with Gasteiger partial charge < -0.3 is 10.8 Å². The summed E-state index contributed by atoms with van der Waals surface area (Å²) in [7, 11) is 0. The second-order valence-corrected chi connectivity index (χ2v) is 4.66. The lowest BCUT2D eigenvalue weighted by Crippen LogP contribution is -2.07. The van der Waals surface area contributed by atoms with E-state index in [1.54, 1.807) is 24.5 Å². The van der Waals surface area contributed by atoms with Crippen LogP contribution in [-0.2, 0) is 6.42 Å². The molecule has 0 saturated heterocycles. The number of anilines is 1. The summed E-state index contributed by atoms with van der Waals surface area (Å²) in [6, 6.07) is 3.22. The summed E-state index contributed by atoms with van der Waals surface area (Å²) in [5.41, 5.74) is 7.49. The molecule has 6 heteroatoms. The van der Waals surface area contributed by atoms with Crippen molar-refractivity contribution in [1.29, 1.82) is 0 Å². The van der Waals surface area contributed by atoms with Crippen LogP contribution in [-0.4, -0.2) is 15.1 Å². The van der Waals surface area contributed by atoms with Gasteiger partial charge >= 0.3 is 0 Å². The first-order chi connectivity index (χ1) is 8.58. The monoisotopic (exact) mass is 283 g/mol. The van der Waals surface area contributed by atoms with Crippen LogP contribution in [0.5, 0.6) is 0 Å². The van der Waals surface area contributed by atoms with Gasteiger partial charge in [-0.25, -0.2) is 0 Å². The van der Waals surface area contributed by atoms with Crippen LogP contribution in [0.2, 0.25) is 10.0 Å². The van der Waals surface area contributed by atoms with E-state index in [4.69, 9.17) is 28.9 Å². The Bertz CT molecular complexity index is 563. The van der Waals surface area contributed by atoms with Gasteiger partial charge in [0.05, 0.1) is 15.7 Å². The molecule has 1 atom stereocenters. The number of nitrogens with two attached hydrogens (primary N) is 1. The number of nitrogen functional groups attached to an aromatic ring is 1. The maximum Gasteiger partial charge on any atom is 0.102 e. The van der Waals surface area contributed by atoms with Gasteiger partial charge in [-0.15, -0.1) is 0 Å². The maximum atomic E-state index is 10.1. The Morgan fingerprint density at radius 3 is 2.78 bits per heavy atom. The molecule has 2 aromatic heterocycles. The Morgan fingerprint density at radius 1 is 1.33 bits per heavy atom. The number of rotatable bonds is 3. The van der Waals surface area contributed by atoms with Crippen molar-refractivity contribution in [2.75, 3.05) is 5.73 Å². The number of hydrogen-bond acceptors (Lipinski definition) is 4. The molecular weight excluding hydrogens is 273 g/mol. The minimum absolute atomic E-state index is 0.300. The summed E-state index contributed by atoms with van der Waals surface area (Å²) < 4.78 is 0. The van der Waals surface area contributed by atoms with Crippen LogP contribution in [0.25, 0.3) is 0 Å². The number of pyridine rings is 2. The molecule has 0 amide bonds. The number of aliphatic hydroxyl groups excluding tert-OH is 1. The Balaban J connectivity index is 2.22. The zero-order valence-corrected chi connectivity index (χ0v) is 10.9. The molecule has 2 heterocycles. The summed E-state index contributed by atoms with van der Waals surface area (Å²) in [5.74, 6) is 0. The van der Waals surface area contributed by atoms with Crippen LogP contribution in [0.3, 0.4) is 0 Å². The van der Waals surface area contributed by atoms with E-state index in [1.165, 1.54) is 6.20 Å². The smallest absolute Gasteiger partial charge is 0.102 e. The van der Waals surface area contributed by atoms with Crippen LogP contribution >= 0.6 is 23.2 Å². The molecule has 0 spiro atoms. The van der Waals surface area contributed by atoms with Gasteiger partial charge in [-0.1, -0.05) is 23.2 Å². The van der Waals surface area contributed by atoms with Crippen molar-refractivity contribution in [2.24, 2.45) is 0 Å². The van der Waals surface area contributed by atoms with Gasteiger partial charge in [0.15, 0.2) is 0 Å². The number of aliphatic hydroxyl groups is 1. The first-order valence-electron chi connectivity index (χ1n) is 5.25. The van der Waals surface area contributed by atoms with Crippen molar-refractivity contribution in [3.8, 4) is 0 Å². The molecule has 0 aliphatic carbocycles. The van der Waals surface area contributed by atoms with Crippen LogP contribution < -0.4 is 5.73 Å². The third-order valence-corrected chi connectivity index (χ3v) is 3.02. The Morgan fingerprint density at radius 2 is 2.11 bits per heavy atom. The molecule has 94 valence electrons. The van der Waals surface area contributed by atoms with Gasteiger partial charge in [0, 0.05) is 30.7 Å². The summed E-state index contributed by atoms with van der Waals surface area (Å²) >= 11 is 11.7. The minimum Gasteiger partial charge on any atom is -0.398 e. The van der Waals surface area contributed by atoms with Gasteiger partial charge in [-0.3, -0.25) is 9.97 Å². The largest absolute Gasteiger partial charge is 0.398 e. The van der Waals surface area contributed by atoms with Gasteiger partial charge in [0.25, 0.3) is 0 Å². The third kappa shape index (κ3) is 2.90. The second-order valence-electron chi connectivity index (χ2n) is 3.82. The molecule has 2 rings (SSSR count). The predicted octanol–water partition coefficient (Wildman–Crippen LogP) is 2.64. The SMILES string of the molecule is Nc1ccncc1CC(O)c1ncc(Cl)cc1Cl. The fourth-order valence-corrected chi connectivity index (χ4v) is 2.09. The Hall–Kier alpha value is -1.36. The van der Waals surface area contributed by atoms with Gasteiger partial charge in [-0.2, -0.15) is 0 Å². The zero-order valence-electron chi connectivity index (χ0n) is 9.35. The van der Waals surface area contributed by atoms with E-state index in [0.717, 1.165) is 5.56 Å². The summed E-state index contributed by atoms with van der Waals surface area (Å²) in [5, 5.41) is 10.9. The normalized spacial score (nSPS) is 12.4. The molecule has 0 aliphatic heterocycles. The number of hydrogen-bond donors (Lipinski definition) is 2. The van der Waals surface area contributed by atoms with Crippen LogP contribution in [0, 0.1) is 0 Å². The lowest BCUT2D eigenvalue weighted by atomic mass is 10.1. The molecule has 0 aliphatic rings. The second kappa shape index (κ2) is 5.52. The predicted molar refractivity (Wildman–Crippen MR) is 71.6 cm³/mol. The molecular formula is C12H11Cl2N3O. The molecule has 1 unspecified atom stereocenters. The minimum atomic E-state index is -0.846. The highest BCUT2D eigenvalue weighted by Crippen LogP contribution is 2.27. The highest BCUT2D eigenvalue weighted by Gasteiger charge is 2.15. The van der Waals surface area contributed by atoms with Crippen molar-refractivity contribution in [3.63, 3.8) is 0 Å². The van der Waals surface area contributed by atoms with Crippen molar-refractivity contribution in [3.05, 3.63) is 52.0 Å². The van der Waals surface area contributed by atoms with Crippen molar-refractivity contribution < 1.29 is 5.11 Å². The molecule has 2 aromatic rings. The standard InChI is InChI=1S/C12H11Cl2N3O/c13-8-4-9(14)12(17-6-8)11(18)3-7-5-16-2-1-10(7)15/h1-2,4-6,11,18H,3H2,(H2,15,16). The van der Waals surface area contributed by atoms with Crippen LogP contribution in [0.4, 0.5) is 5.69 Å². The summed E-state index contributed by atoms with van der Waals surface area (Å²) in [4.78, 5) is 7.99. The summed E-state index contributed by atoms with van der Waals surface area (Å²) in [6.07, 6.45) is 4.11. The molecule has 0 radical (unpaired) electrons. The van der Waals surface area contributed by atoms with Gasteiger partial charge in [0.1, 0.15) is 6.10 Å². The maximum absolute atomic E-state index is 10.1. The molecule has 0 aromatic carbocycles. The third-order valence-electron chi connectivity index (χ3n) is 2.51. The Labute approximate surface area is 114 Å². The highest BCUT2D eigenvalue weighted by atomic mass is 35.5. The topological polar surface area (TPSA) is 72.0 Å². The molecule has 0 bridgehead atoms. The van der Waals surface area contributed by atoms with Gasteiger partial charge in [-0.05, 0) is 17.7 Å². The van der Waals surface area contributed by atoms with E-state index < -0.39 is 6.10 Å². The lowest BCUT2D eigenvalue weighted by molar-refractivity contribution is 0.174. The van der Waals surface area contributed by atoms with Crippen LogP contribution in [0.15, 0.2) is 30.7 Å². The van der Waals surface area contributed by atoms with E-state index in [0.29, 0.717) is 27.8 Å². The highest BCUT2D eigenvalue weighted by molar-refractivity contribution is 6.34. The first-order valence-corrected chi connectivity index (χ1v) is 6.01. The van der Waals surface area contributed by atoms with Crippen molar-refractivity contribution >= 4 is 28.9 Å². The quantitative estimate of drug-likeness (QED) is 0.908. The van der Waals surface area contributed by atoms with E-state index in [9.17, 15) is 5.11 Å². The number of aromatic nitrogens is 2. The number of nitrogens with zero attached hydrogens (tertiary/aromatic N) is 2. The molecule has 0 saturated carbocycles. The van der Waals surface area contributed by atoms with Crippen molar-refractivity contribution in [2.45, 2.75) is 12.5 Å².